The van der Waals surface area contributed by atoms with Crippen molar-refractivity contribution in [2.75, 3.05) is 6.61 Å². The second-order valence-electron chi connectivity index (χ2n) is 4.16. The summed E-state index contributed by atoms with van der Waals surface area (Å²) in [5.74, 6) is -0.535. The van der Waals surface area contributed by atoms with E-state index in [1.807, 2.05) is 18.4 Å². The Morgan fingerprint density at radius 3 is 2.86 bits per heavy atom. The van der Waals surface area contributed by atoms with Gasteiger partial charge in [-0.3, -0.25) is 4.79 Å². The third-order valence-electron chi connectivity index (χ3n) is 2.77. The van der Waals surface area contributed by atoms with Crippen molar-refractivity contribution in [2.45, 2.75) is 26.8 Å². The largest absolute Gasteiger partial charge is 0.461 e. The van der Waals surface area contributed by atoms with Crippen molar-refractivity contribution in [2.24, 2.45) is 0 Å². The van der Waals surface area contributed by atoms with Crippen molar-refractivity contribution < 1.29 is 14.3 Å². The van der Waals surface area contributed by atoms with Crippen LogP contribution in [0.3, 0.4) is 0 Å². The van der Waals surface area contributed by atoms with Crippen LogP contribution in [-0.4, -0.2) is 23.5 Å². The van der Waals surface area contributed by atoms with E-state index in [0.717, 1.165) is 16.9 Å². The second kappa shape index (κ2) is 7.33. The first-order chi connectivity index (χ1) is 10.2. The van der Waals surface area contributed by atoms with Gasteiger partial charge in [0.2, 0.25) is 0 Å². The number of amides is 1. The number of hydrogen-bond acceptors (Lipinski definition) is 6. The van der Waals surface area contributed by atoms with Gasteiger partial charge in [0.05, 0.1) is 18.0 Å². The number of carbonyl (C=O) groups is 2. The highest BCUT2D eigenvalue weighted by atomic mass is 32.1. The molecule has 0 aliphatic heterocycles. The van der Waals surface area contributed by atoms with Crippen molar-refractivity contribution in [1.82, 2.24) is 10.3 Å². The molecule has 2 heterocycles. The Hall–Kier alpha value is -1.73. The monoisotopic (exact) mass is 324 g/mol. The van der Waals surface area contributed by atoms with Crippen molar-refractivity contribution in [3.05, 3.63) is 38.0 Å². The molecule has 0 saturated carbocycles. The Morgan fingerprint density at radius 2 is 2.14 bits per heavy atom. The lowest BCUT2D eigenvalue weighted by atomic mass is 10.2. The zero-order valence-corrected chi connectivity index (χ0v) is 13.5. The Bertz CT molecular complexity index is 634. The third-order valence-corrected chi connectivity index (χ3v) is 4.57. The molecule has 0 saturated heterocycles. The smallest absolute Gasteiger partial charge is 0.357 e. The number of nitrogens with zero attached hydrogens (tertiary/aromatic N) is 1. The van der Waals surface area contributed by atoms with Crippen LogP contribution in [0.25, 0.3) is 0 Å². The molecule has 0 radical (unpaired) electrons. The van der Waals surface area contributed by atoms with Crippen LogP contribution < -0.4 is 5.32 Å². The Labute approximate surface area is 131 Å². The van der Waals surface area contributed by atoms with Crippen LogP contribution in [0.15, 0.2) is 16.8 Å². The lowest BCUT2D eigenvalue weighted by Gasteiger charge is -2.03. The molecule has 0 fully saturated rings. The summed E-state index contributed by atoms with van der Waals surface area (Å²) in [6, 6.07) is 1.96. The van der Waals surface area contributed by atoms with E-state index >= 15 is 0 Å². The summed E-state index contributed by atoms with van der Waals surface area (Å²) >= 11 is 2.76. The van der Waals surface area contributed by atoms with E-state index in [2.05, 4.69) is 10.3 Å². The van der Waals surface area contributed by atoms with Crippen LogP contribution in [0.5, 0.6) is 0 Å². The third kappa shape index (κ3) is 3.89. The van der Waals surface area contributed by atoms with Crippen LogP contribution in [0.2, 0.25) is 0 Å². The van der Waals surface area contributed by atoms with Gasteiger partial charge in [0, 0.05) is 5.38 Å². The number of aryl methyl sites for hydroxylation is 1. The van der Waals surface area contributed by atoms with Crippen molar-refractivity contribution in [1.29, 1.82) is 0 Å². The average molecular weight is 324 g/mol. The quantitative estimate of drug-likeness (QED) is 0.830. The number of rotatable bonds is 6. The number of thiazole rings is 1. The van der Waals surface area contributed by atoms with Crippen LogP contribution in [0.1, 0.15) is 44.6 Å². The average Bonchev–Trinajstić information content (AvgIpc) is 3.13. The standard InChI is InChI=1S/C14H16N2O3S2/c1-3-9-5-6-20-12(9)13(17)15-7-11-16-10(8-21-11)14(18)19-4-2/h5-6,8H,3-4,7H2,1-2H3,(H,15,17). The molecule has 112 valence electrons. The zero-order chi connectivity index (χ0) is 15.2. The van der Waals surface area contributed by atoms with Gasteiger partial charge in [-0.2, -0.15) is 0 Å². The Kier molecular flexibility index (Phi) is 5.46. The number of ether oxygens (including phenoxy) is 1. The minimum absolute atomic E-state index is 0.102. The molecule has 2 rings (SSSR count). The molecule has 5 nitrogen and oxygen atoms in total. The molecule has 1 amide bonds. The minimum Gasteiger partial charge on any atom is -0.461 e. The van der Waals surface area contributed by atoms with Crippen LogP contribution in [0.4, 0.5) is 0 Å². The van der Waals surface area contributed by atoms with Gasteiger partial charge in [0.15, 0.2) is 5.69 Å². The molecule has 2 aromatic rings. The summed E-state index contributed by atoms with van der Waals surface area (Å²) in [5.41, 5.74) is 1.33. The summed E-state index contributed by atoms with van der Waals surface area (Å²) in [6.07, 6.45) is 0.830. The van der Waals surface area contributed by atoms with Gasteiger partial charge in [-0.1, -0.05) is 6.92 Å². The maximum atomic E-state index is 12.1. The highest BCUT2D eigenvalue weighted by Crippen LogP contribution is 2.17. The van der Waals surface area contributed by atoms with E-state index in [9.17, 15) is 9.59 Å². The molecule has 0 aliphatic rings. The van der Waals surface area contributed by atoms with Gasteiger partial charge in [-0.25, -0.2) is 9.78 Å². The molecule has 0 bridgehead atoms. The van der Waals surface area contributed by atoms with Gasteiger partial charge in [-0.05, 0) is 30.4 Å². The summed E-state index contributed by atoms with van der Waals surface area (Å²) < 4.78 is 4.88. The second-order valence-corrected chi connectivity index (χ2v) is 6.02. The lowest BCUT2D eigenvalue weighted by Crippen LogP contribution is -2.22. The molecule has 1 N–H and O–H groups in total. The number of esters is 1. The van der Waals surface area contributed by atoms with E-state index < -0.39 is 5.97 Å². The van der Waals surface area contributed by atoms with Crippen LogP contribution in [-0.2, 0) is 17.7 Å². The van der Waals surface area contributed by atoms with Crippen LogP contribution >= 0.6 is 22.7 Å². The highest BCUT2D eigenvalue weighted by molar-refractivity contribution is 7.12. The maximum absolute atomic E-state index is 12.1. The summed E-state index contributed by atoms with van der Waals surface area (Å²) in [4.78, 5) is 28.5. The molecule has 0 aromatic carbocycles. The summed E-state index contributed by atoms with van der Waals surface area (Å²) in [7, 11) is 0. The summed E-state index contributed by atoms with van der Waals surface area (Å²) in [5, 5.41) is 7.06. The number of thiophene rings is 1. The SMILES string of the molecule is CCOC(=O)c1csc(CNC(=O)c2sccc2CC)n1. The molecular weight excluding hydrogens is 308 g/mol. The van der Waals surface area contributed by atoms with E-state index in [4.69, 9.17) is 4.74 Å². The maximum Gasteiger partial charge on any atom is 0.357 e. The highest BCUT2D eigenvalue weighted by Gasteiger charge is 2.14. The topological polar surface area (TPSA) is 68.3 Å². The first kappa shape index (κ1) is 15.7. The van der Waals surface area contributed by atoms with E-state index in [-0.39, 0.29) is 11.6 Å². The normalized spacial score (nSPS) is 10.4. The molecule has 0 atom stereocenters. The van der Waals surface area contributed by atoms with Gasteiger partial charge in [0.25, 0.3) is 5.91 Å². The molecule has 0 unspecified atom stereocenters. The van der Waals surface area contributed by atoms with Crippen molar-refractivity contribution in [3.63, 3.8) is 0 Å². The molecule has 21 heavy (non-hydrogen) atoms. The van der Waals surface area contributed by atoms with E-state index in [0.29, 0.717) is 18.2 Å². The fourth-order valence-electron chi connectivity index (χ4n) is 1.74. The van der Waals surface area contributed by atoms with Crippen molar-refractivity contribution >= 4 is 34.6 Å². The molecule has 2 aromatic heterocycles. The predicted molar refractivity (Wildman–Crippen MR) is 82.9 cm³/mol. The molecule has 7 heteroatoms. The predicted octanol–water partition coefficient (Wildman–Crippen LogP) is 2.87. The van der Waals surface area contributed by atoms with Gasteiger partial charge >= 0.3 is 5.97 Å². The molecule has 0 aliphatic carbocycles. The minimum atomic E-state index is -0.433. The molecule has 0 spiro atoms. The van der Waals surface area contributed by atoms with Crippen LogP contribution in [0, 0.1) is 0 Å². The Morgan fingerprint density at radius 1 is 1.33 bits per heavy atom. The van der Waals surface area contributed by atoms with Gasteiger partial charge < -0.3 is 10.1 Å². The van der Waals surface area contributed by atoms with E-state index in [1.165, 1.54) is 22.7 Å². The van der Waals surface area contributed by atoms with Gasteiger partial charge in [-0.15, -0.1) is 22.7 Å². The number of aromatic nitrogens is 1. The fraction of sp³-hybridized carbons (Fsp3) is 0.357. The number of carbonyl (C=O) groups excluding carboxylic acids is 2. The van der Waals surface area contributed by atoms with Gasteiger partial charge in [0.1, 0.15) is 5.01 Å². The van der Waals surface area contributed by atoms with Crippen molar-refractivity contribution in [3.8, 4) is 0 Å². The fourth-order valence-corrected chi connectivity index (χ4v) is 3.35. The first-order valence-corrected chi connectivity index (χ1v) is 8.37. The number of nitrogens with one attached hydrogen (secondary N) is 1. The Balaban J connectivity index is 1.94. The molecular formula is C14H16N2O3S2. The lowest BCUT2D eigenvalue weighted by molar-refractivity contribution is 0.0520. The summed E-state index contributed by atoms with van der Waals surface area (Å²) in [6.45, 7) is 4.40. The first-order valence-electron chi connectivity index (χ1n) is 6.61. The number of hydrogen-bond donors (Lipinski definition) is 1. The zero-order valence-electron chi connectivity index (χ0n) is 11.8. The van der Waals surface area contributed by atoms with E-state index in [1.54, 1.807) is 12.3 Å².